The molecule has 0 saturated carbocycles. The number of anilines is 2. The quantitative estimate of drug-likeness (QED) is 0.751. The molecule has 2 aliphatic rings. The van der Waals surface area contributed by atoms with Gasteiger partial charge in [-0.2, -0.15) is 0 Å². The molecule has 0 radical (unpaired) electrons. The first-order chi connectivity index (χ1) is 13.7. The molecule has 2 aromatic carbocycles. The van der Waals surface area contributed by atoms with Crippen LogP contribution in [0.25, 0.3) is 10.9 Å². The first-order valence-electron chi connectivity index (χ1n) is 9.50. The second-order valence-corrected chi connectivity index (χ2v) is 7.24. The van der Waals surface area contributed by atoms with Crippen LogP contribution < -0.4 is 10.2 Å². The van der Waals surface area contributed by atoms with E-state index in [4.69, 9.17) is 4.98 Å². The number of fused-ring (bicyclic) bond motifs is 2. The van der Waals surface area contributed by atoms with Crippen molar-refractivity contribution < 1.29 is 9.59 Å². The number of hydrogen-bond acceptors (Lipinski definition) is 4. The van der Waals surface area contributed by atoms with Crippen molar-refractivity contribution in [1.82, 2.24) is 9.88 Å². The predicted molar refractivity (Wildman–Crippen MR) is 109 cm³/mol. The summed E-state index contributed by atoms with van der Waals surface area (Å²) in [6.45, 7) is 2.81. The maximum Gasteiger partial charge on any atom is 0.253 e. The third-order valence-corrected chi connectivity index (χ3v) is 5.45. The standard InChI is InChI=1S/C22H20N4O2/c27-21-14-17-13-16(5-7-19(17)24-21)22(28)26-11-9-25(10-12-26)20-8-6-15-3-1-2-4-18(15)23-20/h1-8,13H,9-12,14H2,(H,24,27). The van der Waals surface area contributed by atoms with E-state index in [0.29, 0.717) is 25.1 Å². The van der Waals surface area contributed by atoms with E-state index >= 15 is 0 Å². The average molecular weight is 372 g/mol. The number of carbonyl (C=O) groups is 2. The van der Waals surface area contributed by atoms with Gasteiger partial charge in [0.2, 0.25) is 5.91 Å². The molecule has 0 aliphatic carbocycles. The lowest BCUT2D eigenvalue weighted by atomic mass is 10.1. The highest BCUT2D eigenvalue weighted by Crippen LogP contribution is 2.25. The fraction of sp³-hybridized carbons (Fsp3) is 0.227. The number of hydrogen-bond donors (Lipinski definition) is 1. The van der Waals surface area contributed by atoms with Gasteiger partial charge >= 0.3 is 0 Å². The molecule has 140 valence electrons. The van der Waals surface area contributed by atoms with Gasteiger partial charge in [-0.1, -0.05) is 18.2 Å². The fourth-order valence-corrected chi connectivity index (χ4v) is 3.91. The lowest BCUT2D eigenvalue weighted by Gasteiger charge is -2.35. The van der Waals surface area contributed by atoms with Crippen LogP contribution in [0.5, 0.6) is 0 Å². The molecule has 1 saturated heterocycles. The lowest BCUT2D eigenvalue weighted by Crippen LogP contribution is -2.49. The number of nitrogens with zero attached hydrogens (tertiary/aromatic N) is 3. The van der Waals surface area contributed by atoms with E-state index in [0.717, 1.165) is 41.1 Å². The Balaban J connectivity index is 1.28. The number of benzene rings is 2. The topological polar surface area (TPSA) is 65.5 Å². The number of amides is 2. The van der Waals surface area contributed by atoms with Crippen LogP contribution in [0.1, 0.15) is 15.9 Å². The van der Waals surface area contributed by atoms with Gasteiger partial charge in [-0.3, -0.25) is 9.59 Å². The normalized spacial score (nSPS) is 16.2. The van der Waals surface area contributed by atoms with Gasteiger partial charge < -0.3 is 15.1 Å². The average Bonchev–Trinajstić information content (AvgIpc) is 3.12. The highest BCUT2D eigenvalue weighted by molar-refractivity contribution is 6.01. The lowest BCUT2D eigenvalue weighted by molar-refractivity contribution is -0.115. The monoisotopic (exact) mass is 372 g/mol. The summed E-state index contributed by atoms with van der Waals surface area (Å²) in [7, 11) is 0. The van der Waals surface area contributed by atoms with Crippen molar-refractivity contribution in [3.63, 3.8) is 0 Å². The van der Waals surface area contributed by atoms with Gasteiger partial charge in [-0.25, -0.2) is 4.98 Å². The molecule has 0 spiro atoms. The maximum atomic E-state index is 12.9. The van der Waals surface area contributed by atoms with E-state index in [2.05, 4.69) is 22.3 Å². The molecule has 3 heterocycles. The number of nitrogens with one attached hydrogen (secondary N) is 1. The zero-order valence-corrected chi connectivity index (χ0v) is 15.4. The van der Waals surface area contributed by atoms with Gasteiger partial charge in [0.1, 0.15) is 5.82 Å². The summed E-state index contributed by atoms with van der Waals surface area (Å²) in [6, 6.07) is 17.7. The van der Waals surface area contributed by atoms with Gasteiger partial charge in [0.25, 0.3) is 5.91 Å². The van der Waals surface area contributed by atoms with E-state index < -0.39 is 0 Å². The zero-order valence-electron chi connectivity index (χ0n) is 15.4. The van der Waals surface area contributed by atoms with Crippen LogP contribution in [0.2, 0.25) is 0 Å². The van der Waals surface area contributed by atoms with Crippen molar-refractivity contribution in [1.29, 1.82) is 0 Å². The van der Waals surface area contributed by atoms with Crippen LogP contribution in [0.4, 0.5) is 11.5 Å². The minimum absolute atomic E-state index is 0.0175. The Morgan fingerprint density at radius 3 is 2.64 bits per heavy atom. The summed E-state index contributed by atoms with van der Waals surface area (Å²) >= 11 is 0. The van der Waals surface area contributed by atoms with E-state index in [1.165, 1.54) is 0 Å². The summed E-state index contributed by atoms with van der Waals surface area (Å²) in [5.41, 5.74) is 3.34. The summed E-state index contributed by atoms with van der Waals surface area (Å²) < 4.78 is 0. The molecule has 0 bridgehead atoms. The second kappa shape index (κ2) is 6.64. The molecule has 6 heteroatoms. The van der Waals surface area contributed by atoms with Crippen LogP contribution in [0, 0.1) is 0 Å². The van der Waals surface area contributed by atoms with Crippen LogP contribution in [-0.2, 0) is 11.2 Å². The molecule has 6 nitrogen and oxygen atoms in total. The van der Waals surface area contributed by atoms with E-state index in [-0.39, 0.29) is 11.8 Å². The van der Waals surface area contributed by atoms with Gasteiger partial charge in [0.15, 0.2) is 0 Å². The summed E-state index contributed by atoms with van der Waals surface area (Å²) in [6.07, 6.45) is 0.345. The van der Waals surface area contributed by atoms with Gasteiger partial charge in [-0.05, 0) is 42.0 Å². The minimum Gasteiger partial charge on any atom is -0.353 e. The third-order valence-electron chi connectivity index (χ3n) is 5.45. The Hall–Kier alpha value is -3.41. The second-order valence-electron chi connectivity index (χ2n) is 7.24. The number of para-hydroxylation sites is 1. The predicted octanol–water partition coefficient (Wildman–Crippen LogP) is 2.69. The van der Waals surface area contributed by atoms with E-state index in [9.17, 15) is 9.59 Å². The van der Waals surface area contributed by atoms with E-state index in [1.807, 2.05) is 41.3 Å². The first-order valence-corrected chi connectivity index (χ1v) is 9.50. The number of piperazine rings is 1. The van der Waals surface area contributed by atoms with E-state index in [1.54, 1.807) is 6.07 Å². The van der Waals surface area contributed by atoms with Crippen molar-refractivity contribution in [2.24, 2.45) is 0 Å². The maximum absolute atomic E-state index is 12.9. The van der Waals surface area contributed by atoms with Crippen LogP contribution >= 0.6 is 0 Å². The molecular formula is C22H20N4O2. The molecule has 2 amide bonds. The Bertz CT molecular complexity index is 1090. The first kappa shape index (κ1) is 16.7. The summed E-state index contributed by atoms with van der Waals surface area (Å²) in [5.74, 6) is 0.956. The van der Waals surface area contributed by atoms with Crippen molar-refractivity contribution in [3.8, 4) is 0 Å². The Kier molecular flexibility index (Phi) is 3.97. The number of aromatic nitrogens is 1. The Morgan fingerprint density at radius 2 is 1.79 bits per heavy atom. The largest absolute Gasteiger partial charge is 0.353 e. The Labute approximate surface area is 162 Å². The number of pyridine rings is 1. The molecule has 0 unspecified atom stereocenters. The molecular weight excluding hydrogens is 352 g/mol. The molecule has 3 aromatic rings. The van der Waals surface area contributed by atoms with Crippen molar-refractivity contribution >= 4 is 34.2 Å². The smallest absolute Gasteiger partial charge is 0.253 e. The highest BCUT2D eigenvalue weighted by atomic mass is 16.2. The van der Waals surface area contributed by atoms with Gasteiger partial charge in [0.05, 0.1) is 11.9 Å². The van der Waals surface area contributed by atoms with Crippen molar-refractivity contribution in [2.75, 3.05) is 36.4 Å². The number of rotatable bonds is 2. The van der Waals surface area contributed by atoms with Crippen LogP contribution in [0.3, 0.4) is 0 Å². The zero-order chi connectivity index (χ0) is 19.1. The molecule has 1 aromatic heterocycles. The summed E-state index contributed by atoms with van der Waals surface area (Å²) in [4.78, 5) is 33.3. The van der Waals surface area contributed by atoms with Crippen LogP contribution in [0.15, 0.2) is 54.6 Å². The highest BCUT2D eigenvalue weighted by Gasteiger charge is 2.25. The molecule has 2 aliphatic heterocycles. The Morgan fingerprint density at radius 1 is 0.964 bits per heavy atom. The molecule has 28 heavy (non-hydrogen) atoms. The molecule has 1 N–H and O–H groups in total. The van der Waals surface area contributed by atoms with Gasteiger partial charge in [0, 0.05) is 42.8 Å². The van der Waals surface area contributed by atoms with Crippen molar-refractivity contribution in [3.05, 3.63) is 65.7 Å². The fourth-order valence-electron chi connectivity index (χ4n) is 3.91. The molecule has 1 fully saturated rings. The minimum atomic E-state index is -0.0175. The van der Waals surface area contributed by atoms with Crippen molar-refractivity contribution in [2.45, 2.75) is 6.42 Å². The third kappa shape index (κ3) is 2.97. The molecule has 5 rings (SSSR count). The SMILES string of the molecule is O=C1Cc2cc(C(=O)N3CCN(c4ccc5ccccc5n4)CC3)ccc2N1. The summed E-state index contributed by atoms with van der Waals surface area (Å²) in [5, 5.41) is 3.93. The van der Waals surface area contributed by atoms with Gasteiger partial charge in [-0.15, -0.1) is 0 Å². The van der Waals surface area contributed by atoms with Crippen LogP contribution in [-0.4, -0.2) is 47.9 Å². The molecule has 0 atom stereocenters. The number of carbonyl (C=O) groups excluding carboxylic acids is 2.